The number of hydrogen-bond donors (Lipinski definition) is 1. The van der Waals surface area contributed by atoms with Crippen molar-refractivity contribution in [2.75, 3.05) is 37.7 Å². The first kappa shape index (κ1) is 27.7. The highest BCUT2D eigenvalue weighted by molar-refractivity contribution is 7.99. The summed E-state index contributed by atoms with van der Waals surface area (Å²) < 4.78 is 39.9. The summed E-state index contributed by atoms with van der Waals surface area (Å²) >= 11 is 9.55. The van der Waals surface area contributed by atoms with Crippen molar-refractivity contribution in [2.24, 2.45) is 0 Å². The van der Waals surface area contributed by atoms with E-state index in [0.717, 1.165) is 57.9 Å². The molecule has 12 heteroatoms. The first-order valence-corrected chi connectivity index (χ1v) is 16.5. The van der Waals surface area contributed by atoms with Crippen molar-refractivity contribution in [3.05, 3.63) is 70.1 Å². The number of hydrogen-bond acceptors (Lipinski definition) is 7. The van der Waals surface area contributed by atoms with Crippen LogP contribution in [-0.2, 0) is 17.5 Å². The summed E-state index contributed by atoms with van der Waals surface area (Å²) in [5.41, 5.74) is 4.91. The Labute approximate surface area is 248 Å². The van der Waals surface area contributed by atoms with Gasteiger partial charge in [0.25, 0.3) is 0 Å². The topological polar surface area (TPSA) is 66.0 Å². The van der Waals surface area contributed by atoms with E-state index in [4.69, 9.17) is 16.0 Å². The summed E-state index contributed by atoms with van der Waals surface area (Å²) in [5, 5.41) is 7.04. The van der Waals surface area contributed by atoms with Gasteiger partial charge in [-0.25, -0.2) is 17.9 Å². The third-order valence-corrected chi connectivity index (χ3v) is 10.8. The molecule has 0 saturated carbocycles. The van der Waals surface area contributed by atoms with Gasteiger partial charge in [-0.15, -0.1) is 11.3 Å². The van der Waals surface area contributed by atoms with Crippen LogP contribution in [0.25, 0.3) is 27.3 Å². The zero-order valence-corrected chi connectivity index (χ0v) is 25.5. The van der Waals surface area contributed by atoms with E-state index in [1.54, 1.807) is 24.1 Å². The molecule has 6 rings (SSSR count). The molecule has 40 heavy (non-hydrogen) atoms. The lowest BCUT2D eigenvalue weighted by Gasteiger charge is -2.33. The van der Waals surface area contributed by atoms with Crippen LogP contribution in [0.3, 0.4) is 0 Å². The number of nitrogens with zero attached hydrogens (tertiary/aromatic N) is 4. The number of nitrogens with one attached hydrogen (secondary N) is 1. The van der Waals surface area contributed by atoms with Crippen LogP contribution in [0.1, 0.15) is 29.9 Å². The summed E-state index contributed by atoms with van der Waals surface area (Å²) in [7, 11) is 2.51. The van der Waals surface area contributed by atoms with Crippen LogP contribution in [-0.4, -0.2) is 51.3 Å². The summed E-state index contributed by atoms with van der Waals surface area (Å²) in [6.45, 7) is 1.96. The van der Waals surface area contributed by atoms with Crippen LogP contribution in [0.2, 0.25) is 5.15 Å². The van der Waals surface area contributed by atoms with Crippen molar-refractivity contribution in [1.29, 1.82) is 0 Å². The fourth-order valence-corrected chi connectivity index (χ4v) is 8.35. The molecule has 2 atom stereocenters. The summed E-state index contributed by atoms with van der Waals surface area (Å²) in [5.74, 6) is 0.612. The Kier molecular flexibility index (Phi) is 7.95. The van der Waals surface area contributed by atoms with Gasteiger partial charge >= 0.3 is 0 Å². The highest BCUT2D eigenvalue weighted by atomic mass is 35.5. The minimum absolute atomic E-state index is 0.156. The third-order valence-electron chi connectivity index (χ3n) is 7.42. The summed E-state index contributed by atoms with van der Waals surface area (Å²) in [6, 6.07) is 10.8. The molecule has 4 heterocycles. The van der Waals surface area contributed by atoms with E-state index in [1.807, 2.05) is 40.6 Å². The maximum absolute atomic E-state index is 13.8. The highest BCUT2D eigenvalue weighted by Gasteiger charge is 2.31. The van der Waals surface area contributed by atoms with Gasteiger partial charge < -0.3 is 14.0 Å². The lowest BCUT2D eigenvalue weighted by Crippen LogP contribution is -2.36. The minimum atomic E-state index is -1.44. The molecule has 7 nitrogen and oxygen atoms in total. The van der Waals surface area contributed by atoms with Crippen LogP contribution in [0.4, 0.5) is 10.1 Å². The average molecular weight is 618 g/mol. The van der Waals surface area contributed by atoms with Gasteiger partial charge in [0, 0.05) is 67.1 Å². The van der Waals surface area contributed by atoms with Gasteiger partial charge in [-0.3, -0.25) is 4.40 Å². The molecule has 5 aromatic rings. The van der Waals surface area contributed by atoms with Crippen molar-refractivity contribution in [3.8, 4) is 11.3 Å². The number of imidazole rings is 1. The first-order valence-electron chi connectivity index (χ1n) is 12.9. The van der Waals surface area contributed by atoms with E-state index >= 15 is 0 Å². The summed E-state index contributed by atoms with van der Waals surface area (Å²) in [4.78, 5) is 5.13. The zero-order valence-electron chi connectivity index (χ0n) is 22.3. The second-order valence-electron chi connectivity index (χ2n) is 9.77. The Balaban J connectivity index is 1.42. The van der Waals surface area contributed by atoms with Gasteiger partial charge in [-0.2, -0.15) is 0 Å². The number of thiazole rings is 1. The van der Waals surface area contributed by atoms with Gasteiger partial charge in [-0.1, -0.05) is 23.5 Å². The number of furan rings is 1. The monoisotopic (exact) mass is 617 g/mol. The molecular formula is C28H29ClFN5O2S3. The number of rotatable bonds is 8. The standard InChI is InChI=1S/C28H29ClFN5O2S3/c1-31-15-22-21-13-20(23(33(2)38-3)14-24(21)37-25(22)17-6-8-19(30)9-7-17)18-5-4-10-34(16-18)40(36)27-26(29)32-28-35(27)11-12-39-28/h6-9,11-14,18,31H,4-5,10,15-16H2,1-3H3/t18-,40?/m0/s1. The number of halogens is 2. The van der Waals surface area contributed by atoms with Gasteiger partial charge in [-0.05, 0) is 61.7 Å². The minimum Gasteiger partial charge on any atom is -0.456 e. The lowest BCUT2D eigenvalue weighted by molar-refractivity contribution is 0.330. The largest absolute Gasteiger partial charge is 0.456 e. The van der Waals surface area contributed by atoms with E-state index in [1.165, 1.54) is 29.0 Å². The van der Waals surface area contributed by atoms with Gasteiger partial charge in [0.2, 0.25) is 0 Å². The number of fused-ring (bicyclic) bond motifs is 2. The Hall–Kier alpha value is -2.41. The van der Waals surface area contributed by atoms with E-state index in [2.05, 4.69) is 26.7 Å². The molecule has 0 amide bonds. The molecule has 210 valence electrons. The lowest BCUT2D eigenvalue weighted by atomic mass is 9.89. The fraction of sp³-hybridized carbons (Fsp3) is 0.321. The van der Waals surface area contributed by atoms with E-state index in [-0.39, 0.29) is 11.7 Å². The Morgan fingerprint density at radius 3 is 2.88 bits per heavy atom. The second kappa shape index (κ2) is 11.5. The SMILES string of the molecule is CNCc1c(-c2ccc(F)cc2)oc2cc(N(C)SC)c([C@H]3CCCN(S(=O)c4c(Cl)nc5sccn45)C3)cc12. The Morgan fingerprint density at radius 1 is 1.32 bits per heavy atom. The number of piperidine rings is 1. The predicted octanol–water partition coefficient (Wildman–Crippen LogP) is 6.94. The maximum Gasteiger partial charge on any atom is 0.196 e. The van der Waals surface area contributed by atoms with Crippen molar-refractivity contribution < 1.29 is 13.0 Å². The van der Waals surface area contributed by atoms with Crippen molar-refractivity contribution in [1.82, 2.24) is 19.0 Å². The van der Waals surface area contributed by atoms with E-state index in [0.29, 0.717) is 23.3 Å². The molecule has 1 aliphatic rings. The van der Waals surface area contributed by atoms with Crippen molar-refractivity contribution in [3.63, 3.8) is 0 Å². The van der Waals surface area contributed by atoms with Gasteiger partial charge in [0.1, 0.15) is 28.1 Å². The molecule has 0 bridgehead atoms. The predicted molar refractivity (Wildman–Crippen MR) is 164 cm³/mol. The molecule has 2 aromatic carbocycles. The van der Waals surface area contributed by atoms with Crippen LogP contribution < -0.4 is 9.62 Å². The summed E-state index contributed by atoms with van der Waals surface area (Å²) in [6.07, 6.45) is 5.80. The quantitative estimate of drug-likeness (QED) is 0.190. The Bertz CT molecular complexity index is 1700. The maximum atomic E-state index is 13.8. The van der Waals surface area contributed by atoms with Crippen LogP contribution in [0, 0.1) is 5.82 Å². The zero-order chi connectivity index (χ0) is 28.0. The number of anilines is 1. The van der Waals surface area contributed by atoms with E-state index in [9.17, 15) is 8.60 Å². The smallest absolute Gasteiger partial charge is 0.196 e. The molecule has 0 spiro atoms. The average Bonchev–Trinajstić information content (AvgIpc) is 3.65. The molecule has 1 unspecified atom stereocenters. The molecule has 1 fully saturated rings. The highest BCUT2D eigenvalue weighted by Crippen LogP contribution is 2.43. The Morgan fingerprint density at radius 2 is 2.12 bits per heavy atom. The fourth-order valence-electron chi connectivity index (χ4n) is 5.45. The van der Waals surface area contributed by atoms with E-state index < -0.39 is 11.0 Å². The number of benzene rings is 2. The second-order valence-corrected chi connectivity index (χ2v) is 13.3. The van der Waals surface area contributed by atoms with Gasteiger partial charge in [0.05, 0.1) is 5.69 Å². The van der Waals surface area contributed by atoms with Crippen molar-refractivity contribution in [2.45, 2.75) is 30.3 Å². The molecular weight excluding hydrogens is 589 g/mol. The molecule has 0 radical (unpaired) electrons. The van der Waals surface area contributed by atoms with Gasteiger partial charge in [0.15, 0.2) is 15.1 Å². The molecule has 1 aliphatic heterocycles. The first-order chi connectivity index (χ1) is 19.4. The third kappa shape index (κ3) is 4.97. The van der Waals surface area contributed by atoms with Crippen molar-refractivity contribution >= 4 is 67.5 Å². The van der Waals surface area contributed by atoms with Crippen LogP contribution >= 0.6 is 34.9 Å². The number of aromatic nitrogens is 2. The van der Waals surface area contributed by atoms with Crippen LogP contribution in [0.5, 0.6) is 0 Å². The molecule has 3 aromatic heterocycles. The normalized spacial score (nSPS) is 17.2. The van der Waals surface area contributed by atoms with Crippen LogP contribution in [0.15, 0.2) is 57.4 Å². The molecule has 0 aliphatic carbocycles. The molecule has 1 N–H and O–H groups in total. The molecule has 1 saturated heterocycles.